The molecule has 0 rings (SSSR count). The molecule has 0 fully saturated rings. The number of ether oxygens (including phenoxy) is 3. The summed E-state index contributed by atoms with van der Waals surface area (Å²) in [5, 5.41) is 0. The van der Waals surface area contributed by atoms with Crippen molar-refractivity contribution >= 4 is 17.9 Å². The summed E-state index contributed by atoms with van der Waals surface area (Å²) in [6.07, 6.45) is 90.3. The molecular formula is C76H140O6. The molecule has 0 spiro atoms. The van der Waals surface area contributed by atoms with Crippen molar-refractivity contribution in [1.29, 1.82) is 0 Å². The molecule has 0 amide bonds. The predicted molar refractivity (Wildman–Crippen MR) is 358 cm³/mol. The molecule has 0 aliphatic heterocycles. The lowest BCUT2D eigenvalue weighted by Crippen LogP contribution is -2.30. The highest BCUT2D eigenvalue weighted by Crippen LogP contribution is 2.19. The van der Waals surface area contributed by atoms with Gasteiger partial charge in [0.15, 0.2) is 6.10 Å². The van der Waals surface area contributed by atoms with E-state index in [0.717, 1.165) is 103 Å². The van der Waals surface area contributed by atoms with Gasteiger partial charge in [0.2, 0.25) is 0 Å². The summed E-state index contributed by atoms with van der Waals surface area (Å²) in [6, 6.07) is 0. The highest BCUT2D eigenvalue weighted by Gasteiger charge is 2.19. The van der Waals surface area contributed by atoms with Crippen molar-refractivity contribution in [2.75, 3.05) is 13.2 Å². The maximum Gasteiger partial charge on any atom is 0.306 e. The monoisotopic (exact) mass is 1150 g/mol. The number of unbranched alkanes of at least 4 members (excludes halogenated alkanes) is 49. The van der Waals surface area contributed by atoms with Crippen molar-refractivity contribution in [3.63, 3.8) is 0 Å². The zero-order chi connectivity index (χ0) is 59.2. The average molecular weight is 1150 g/mol. The van der Waals surface area contributed by atoms with Gasteiger partial charge in [-0.3, -0.25) is 14.4 Å². The van der Waals surface area contributed by atoms with Crippen LogP contribution in [-0.2, 0) is 28.6 Å². The first-order valence-corrected chi connectivity index (χ1v) is 36.6. The Labute approximate surface area is 511 Å². The van der Waals surface area contributed by atoms with Crippen molar-refractivity contribution in [2.45, 2.75) is 406 Å². The molecule has 0 N–H and O–H groups in total. The maximum atomic E-state index is 12.9. The van der Waals surface area contributed by atoms with Crippen LogP contribution in [-0.4, -0.2) is 37.2 Å². The van der Waals surface area contributed by atoms with Crippen LogP contribution in [0.1, 0.15) is 400 Å². The van der Waals surface area contributed by atoms with Gasteiger partial charge in [-0.1, -0.05) is 345 Å². The van der Waals surface area contributed by atoms with Crippen LogP contribution in [0.4, 0.5) is 0 Å². The van der Waals surface area contributed by atoms with Gasteiger partial charge < -0.3 is 14.2 Å². The van der Waals surface area contributed by atoms with Gasteiger partial charge in [0, 0.05) is 19.3 Å². The number of hydrogen-bond acceptors (Lipinski definition) is 6. The number of rotatable bonds is 68. The maximum absolute atomic E-state index is 12.9. The molecule has 0 saturated carbocycles. The Hall–Kier alpha value is -2.63. The summed E-state index contributed by atoms with van der Waals surface area (Å²) in [6.45, 7) is 6.63. The molecule has 0 aliphatic rings. The molecule has 0 aliphatic carbocycles. The Bertz CT molecular complexity index is 1410. The number of esters is 3. The van der Waals surface area contributed by atoms with Crippen molar-refractivity contribution < 1.29 is 28.6 Å². The van der Waals surface area contributed by atoms with Crippen LogP contribution >= 0.6 is 0 Å². The molecule has 6 heteroatoms. The first-order chi connectivity index (χ1) is 40.5. The quantitative estimate of drug-likeness (QED) is 0.0261. The van der Waals surface area contributed by atoms with Gasteiger partial charge in [-0.2, -0.15) is 0 Å². The minimum Gasteiger partial charge on any atom is -0.462 e. The number of carbonyl (C=O) groups excluding carboxylic acids is 3. The van der Waals surface area contributed by atoms with E-state index in [1.807, 2.05) is 0 Å². The highest BCUT2D eigenvalue weighted by atomic mass is 16.6. The Morgan fingerprint density at radius 3 is 0.695 bits per heavy atom. The zero-order valence-corrected chi connectivity index (χ0v) is 55.3. The van der Waals surface area contributed by atoms with E-state index in [1.165, 1.54) is 257 Å². The molecule has 0 aromatic carbocycles. The lowest BCUT2D eigenvalue weighted by atomic mass is 10.0. The van der Waals surface area contributed by atoms with Crippen LogP contribution in [0.3, 0.4) is 0 Å². The van der Waals surface area contributed by atoms with Crippen LogP contribution in [0, 0.1) is 0 Å². The first-order valence-electron chi connectivity index (χ1n) is 36.6. The molecule has 0 heterocycles. The number of carbonyl (C=O) groups is 3. The molecule has 0 aromatic heterocycles. The van der Waals surface area contributed by atoms with Crippen LogP contribution in [0.2, 0.25) is 0 Å². The number of hydrogen-bond donors (Lipinski definition) is 0. The lowest BCUT2D eigenvalue weighted by molar-refractivity contribution is -0.167. The van der Waals surface area contributed by atoms with Crippen molar-refractivity contribution in [2.24, 2.45) is 0 Å². The van der Waals surface area contributed by atoms with Gasteiger partial charge in [0.1, 0.15) is 13.2 Å². The molecule has 480 valence electrons. The second-order valence-electron chi connectivity index (χ2n) is 24.9. The summed E-state index contributed by atoms with van der Waals surface area (Å²) >= 11 is 0. The Morgan fingerprint density at radius 1 is 0.244 bits per heavy atom. The lowest BCUT2D eigenvalue weighted by Gasteiger charge is -2.18. The van der Waals surface area contributed by atoms with Crippen molar-refractivity contribution in [1.82, 2.24) is 0 Å². The minimum atomic E-state index is -0.786. The van der Waals surface area contributed by atoms with Gasteiger partial charge in [0.25, 0.3) is 0 Å². The standard InChI is InChI=1S/C76H140O6/c1-4-7-10-13-16-19-22-25-28-29-30-31-32-33-34-35-36-37-38-39-40-41-42-43-44-45-46-49-51-54-57-60-63-66-69-75(78)81-72-73(82-76(79)70-67-64-61-58-55-52-48-27-24-21-18-15-12-9-6-3)71-80-74(77)68-65-62-59-56-53-50-47-26-23-20-17-14-11-8-5-2/h17-18,20-21,26-27,47-48,73H,4-16,19,22-25,28-46,49-72H2,1-3H3/b20-17-,21-18-,47-26-,48-27-. The Morgan fingerprint density at radius 2 is 0.439 bits per heavy atom. The first kappa shape index (κ1) is 79.4. The van der Waals surface area contributed by atoms with E-state index in [0.29, 0.717) is 19.3 Å². The minimum absolute atomic E-state index is 0.0800. The van der Waals surface area contributed by atoms with Gasteiger partial charge >= 0.3 is 17.9 Å². The largest absolute Gasteiger partial charge is 0.462 e. The molecule has 82 heavy (non-hydrogen) atoms. The summed E-state index contributed by atoms with van der Waals surface area (Å²) < 4.78 is 16.9. The Balaban J connectivity index is 4.10. The molecule has 0 aromatic rings. The van der Waals surface area contributed by atoms with E-state index in [9.17, 15) is 14.4 Å². The third-order valence-electron chi connectivity index (χ3n) is 16.6. The van der Waals surface area contributed by atoms with Crippen molar-refractivity contribution in [3.05, 3.63) is 48.6 Å². The molecule has 1 unspecified atom stereocenters. The molecule has 1 atom stereocenters. The molecule has 6 nitrogen and oxygen atoms in total. The fourth-order valence-corrected chi connectivity index (χ4v) is 11.0. The van der Waals surface area contributed by atoms with Crippen molar-refractivity contribution in [3.8, 4) is 0 Å². The topological polar surface area (TPSA) is 78.9 Å². The van der Waals surface area contributed by atoms with E-state index in [-0.39, 0.29) is 31.1 Å². The summed E-state index contributed by atoms with van der Waals surface area (Å²) in [5.74, 6) is -0.886. The van der Waals surface area contributed by atoms with E-state index in [1.54, 1.807) is 0 Å². The average Bonchev–Trinajstić information content (AvgIpc) is 3.47. The molecule has 0 saturated heterocycles. The van der Waals surface area contributed by atoms with Gasteiger partial charge in [-0.25, -0.2) is 0 Å². The third kappa shape index (κ3) is 68.2. The second-order valence-corrected chi connectivity index (χ2v) is 24.9. The zero-order valence-electron chi connectivity index (χ0n) is 55.3. The highest BCUT2D eigenvalue weighted by molar-refractivity contribution is 5.71. The van der Waals surface area contributed by atoms with E-state index < -0.39 is 6.10 Å². The van der Waals surface area contributed by atoms with E-state index in [4.69, 9.17) is 14.2 Å². The SMILES string of the molecule is CCCCC/C=C\C/C=C\CCCCCCCC(=O)OCC(COC(=O)CCCCCCCCCCCCCCCCCCCCCCCCCCCCCCCCCCCC)OC(=O)CCCCCCC/C=C\C/C=C\CCCCC. The van der Waals surface area contributed by atoms with Crippen LogP contribution in [0.5, 0.6) is 0 Å². The van der Waals surface area contributed by atoms with Gasteiger partial charge in [0.05, 0.1) is 0 Å². The second kappa shape index (κ2) is 70.9. The van der Waals surface area contributed by atoms with Gasteiger partial charge in [-0.15, -0.1) is 0 Å². The third-order valence-corrected chi connectivity index (χ3v) is 16.6. The van der Waals surface area contributed by atoms with Crippen LogP contribution in [0.25, 0.3) is 0 Å². The number of allylic oxidation sites excluding steroid dienone is 8. The molecule has 0 radical (unpaired) electrons. The van der Waals surface area contributed by atoms with E-state index in [2.05, 4.69) is 69.4 Å². The summed E-state index contributed by atoms with van der Waals surface area (Å²) in [7, 11) is 0. The fraction of sp³-hybridized carbons (Fsp3) is 0.855. The Kier molecular flexibility index (Phi) is 68.6. The predicted octanol–water partition coefficient (Wildman–Crippen LogP) is 25.3. The fourth-order valence-electron chi connectivity index (χ4n) is 11.0. The van der Waals surface area contributed by atoms with E-state index >= 15 is 0 Å². The molecular weight excluding hydrogens is 1010 g/mol. The molecule has 0 bridgehead atoms. The summed E-state index contributed by atoms with van der Waals surface area (Å²) in [4.78, 5) is 38.4. The normalized spacial score (nSPS) is 12.3. The van der Waals surface area contributed by atoms with Crippen LogP contribution < -0.4 is 0 Å². The summed E-state index contributed by atoms with van der Waals surface area (Å²) in [5.41, 5.74) is 0. The smallest absolute Gasteiger partial charge is 0.306 e. The van der Waals surface area contributed by atoms with Gasteiger partial charge in [-0.05, 0) is 83.5 Å². The van der Waals surface area contributed by atoms with Crippen LogP contribution in [0.15, 0.2) is 48.6 Å².